The van der Waals surface area contributed by atoms with Gasteiger partial charge in [0.2, 0.25) is 0 Å². The highest BCUT2D eigenvalue weighted by Crippen LogP contribution is 2.16. The SMILES string of the molecule is NC1CCc2nn(CCCn3c(=O)oc4ccccc43)c(=O)cc2C1. The second-order valence-electron chi connectivity index (χ2n) is 6.52. The number of benzene rings is 1. The van der Waals surface area contributed by atoms with Gasteiger partial charge in [-0.1, -0.05) is 12.1 Å². The van der Waals surface area contributed by atoms with Gasteiger partial charge in [-0.05, 0) is 43.4 Å². The van der Waals surface area contributed by atoms with Crippen molar-refractivity contribution >= 4 is 11.1 Å². The van der Waals surface area contributed by atoms with E-state index in [1.54, 1.807) is 16.7 Å². The summed E-state index contributed by atoms with van der Waals surface area (Å²) in [6, 6.07) is 9.10. The van der Waals surface area contributed by atoms with Gasteiger partial charge in [0.05, 0.1) is 11.2 Å². The van der Waals surface area contributed by atoms with Gasteiger partial charge in [-0.3, -0.25) is 9.36 Å². The predicted octanol–water partition coefficient (Wildman–Crippen LogP) is 1.06. The van der Waals surface area contributed by atoms with Crippen LogP contribution in [0.15, 0.2) is 44.3 Å². The standard InChI is InChI=1S/C18H20N4O3/c19-13-6-7-14-12(10-13)11-17(23)22(20-14)9-3-8-21-15-4-1-2-5-16(15)25-18(21)24/h1-2,4-5,11,13H,3,6-10,19H2. The van der Waals surface area contributed by atoms with Crippen molar-refractivity contribution in [1.29, 1.82) is 0 Å². The van der Waals surface area contributed by atoms with E-state index in [0.29, 0.717) is 25.1 Å². The molecule has 0 bridgehead atoms. The molecule has 1 atom stereocenters. The van der Waals surface area contributed by atoms with Gasteiger partial charge in [0.25, 0.3) is 5.56 Å². The zero-order chi connectivity index (χ0) is 17.4. The molecule has 7 nitrogen and oxygen atoms in total. The van der Waals surface area contributed by atoms with Crippen molar-refractivity contribution in [2.24, 2.45) is 5.73 Å². The smallest absolute Gasteiger partial charge is 0.408 e. The average molecular weight is 340 g/mol. The minimum absolute atomic E-state index is 0.114. The van der Waals surface area contributed by atoms with Gasteiger partial charge in [0, 0.05) is 25.2 Å². The number of aryl methyl sites for hydroxylation is 3. The summed E-state index contributed by atoms with van der Waals surface area (Å²) in [7, 11) is 0. The summed E-state index contributed by atoms with van der Waals surface area (Å²) in [6.07, 6.45) is 3.04. The Hall–Kier alpha value is -2.67. The summed E-state index contributed by atoms with van der Waals surface area (Å²) in [6.45, 7) is 0.941. The predicted molar refractivity (Wildman–Crippen MR) is 93.6 cm³/mol. The lowest BCUT2D eigenvalue weighted by Gasteiger charge is -2.20. The van der Waals surface area contributed by atoms with Crippen LogP contribution in [0.3, 0.4) is 0 Å². The van der Waals surface area contributed by atoms with Crippen molar-refractivity contribution in [3.05, 3.63) is 62.5 Å². The van der Waals surface area contributed by atoms with Crippen LogP contribution in [0, 0.1) is 0 Å². The molecule has 2 N–H and O–H groups in total. The molecule has 0 saturated carbocycles. The Morgan fingerprint density at radius 3 is 2.96 bits per heavy atom. The van der Waals surface area contributed by atoms with Crippen LogP contribution >= 0.6 is 0 Å². The highest BCUT2D eigenvalue weighted by atomic mass is 16.4. The maximum Gasteiger partial charge on any atom is 0.419 e. The van der Waals surface area contributed by atoms with Gasteiger partial charge in [0.15, 0.2) is 5.58 Å². The molecule has 0 fully saturated rings. The van der Waals surface area contributed by atoms with Crippen LogP contribution in [-0.2, 0) is 25.9 Å². The molecule has 1 aromatic carbocycles. The molecule has 1 unspecified atom stereocenters. The third-order valence-corrected chi connectivity index (χ3v) is 4.72. The molecule has 0 amide bonds. The van der Waals surface area contributed by atoms with Gasteiger partial charge in [-0.15, -0.1) is 0 Å². The minimum Gasteiger partial charge on any atom is -0.408 e. The maximum atomic E-state index is 12.2. The van der Waals surface area contributed by atoms with Gasteiger partial charge in [-0.25, -0.2) is 9.48 Å². The van der Waals surface area contributed by atoms with E-state index in [-0.39, 0.29) is 17.4 Å². The summed E-state index contributed by atoms with van der Waals surface area (Å²) in [5.41, 5.74) is 9.12. The molecule has 2 heterocycles. The van der Waals surface area contributed by atoms with Crippen LogP contribution in [0.2, 0.25) is 0 Å². The quantitative estimate of drug-likeness (QED) is 0.766. The van der Waals surface area contributed by atoms with Gasteiger partial charge >= 0.3 is 5.76 Å². The van der Waals surface area contributed by atoms with Gasteiger partial charge in [0.1, 0.15) is 0 Å². The van der Waals surface area contributed by atoms with E-state index in [9.17, 15) is 9.59 Å². The molecule has 1 aliphatic rings. The van der Waals surface area contributed by atoms with E-state index in [1.165, 1.54) is 4.68 Å². The molecule has 0 aliphatic heterocycles. The van der Waals surface area contributed by atoms with E-state index >= 15 is 0 Å². The molecule has 4 rings (SSSR count). The number of aromatic nitrogens is 3. The van der Waals surface area contributed by atoms with E-state index in [4.69, 9.17) is 10.2 Å². The van der Waals surface area contributed by atoms with E-state index in [0.717, 1.165) is 36.0 Å². The fourth-order valence-corrected chi connectivity index (χ4v) is 3.42. The summed E-state index contributed by atoms with van der Waals surface area (Å²) in [5, 5.41) is 4.49. The third kappa shape index (κ3) is 3.02. The fraction of sp³-hybridized carbons (Fsp3) is 0.389. The van der Waals surface area contributed by atoms with Crippen LogP contribution in [0.5, 0.6) is 0 Å². The fourth-order valence-electron chi connectivity index (χ4n) is 3.42. The van der Waals surface area contributed by atoms with Crippen LogP contribution in [0.4, 0.5) is 0 Å². The number of para-hydroxylation sites is 2. The monoisotopic (exact) mass is 340 g/mol. The number of hydrogen-bond acceptors (Lipinski definition) is 5. The highest BCUT2D eigenvalue weighted by molar-refractivity contribution is 5.72. The molecule has 0 radical (unpaired) electrons. The number of nitrogens with two attached hydrogens (primary N) is 1. The average Bonchev–Trinajstić information content (AvgIpc) is 2.91. The minimum atomic E-state index is -0.374. The lowest BCUT2D eigenvalue weighted by molar-refractivity contribution is 0.456. The van der Waals surface area contributed by atoms with E-state index < -0.39 is 0 Å². The largest absolute Gasteiger partial charge is 0.419 e. The molecule has 7 heteroatoms. The first kappa shape index (κ1) is 15.8. The summed E-state index contributed by atoms with van der Waals surface area (Å²) < 4.78 is 8.31. The number of hydrogen-bond donors (Lipinski definition) is 1. The van der Waals surface area contributed by atoms with Crippen LogP contribution in [-0.4, -0.2) is 20.4 Å². The normalized spacial score (nSPS) is 16.9. The third-order valence-electron chi connectivity index (χ3n) is 4.72. The molecule has 1 aliphatic carbocycles. The Kier molecular flexibility index (Phi) is 4.01. The maximum absolute atomic E-state index is 12.2. The van der Waals surface area contributed by atoms with Crippen LogP contribution in [0.1, 0.15) is 24.1 Å². The Bertz CT molecular complexity index is 1030. The highest BCUT2D eigenvalue weighted by Gasteiger charge is 2.18. The Balaban J connectivity index is 1.51. The zero-order valence-electron chi connectivity index (χ0n) is 13.9. The number of oxazole rings is 1. The lowest BCUT2D eigenvalue weighted by Crippen LogP contribution is -2.33. The molecular formula is C18H20N4O3. The molecule has 2 aromatic heterocycles. The first-order valence-electron chi connectivity index (χ1n) is 8.56. The molecule has 25 heavy (non-hydrogen) atoms. The Morgan fingerprint density at radius 2 is 2.08 bits per heavy atom. The van der Waals surface area contributed by atoms with E-state index in [1.807, 2.05) is 18.2 Å². The summed E-state index contributed by atoms with van der Waals surface area (Å²) >= 11 is 0. The van der Waals surface area contributed by atoms with Crippen molar-refractivity contribution in [3.8, 4) is 0 Å². The first-order chi connectivity index (χ1) is 12.1. The van der Waals surface area contributed by atoms with Crippen molar-refractivity contribution in [2.75, 3.05) is 0 Å². The topological polar surface area (TPSA) is 96.1 Å². The zero-order valence-corrected chi connectivity index (χ0v) is 13.9. The first-order valence-corrected chi connectivity index (χ1v) is 8.56. The van der Waals surface area contributed by atoms with E-state index in [2.05, 4.69) is 5.10 Å². The van der Waals surface area contributed by atoms with Crippen molar-refractivity contribution in [1.82, 2.24) is 14.3 Å². The second-order valence-corrected chi connectivity index (χ2v) is 6.52. The number of fused-ring (bicyclic) bond motifs is 2. The van der Waals surface area contributed by atoms with Crippen LogP contribution in [0.25, 0.3) is 11.1 Å². The molecular weight excluding hydrogens is 320 g/mol. The van der Waals surface area contributed by atoms with Crippen molar-refractivity contribution < 1.29 is 4.42 Å². The lowest BCUT2D eigenvalue weighted by atomic mass is 9.93. The van der Waals surface area contributed by atoms with Gasteiger partial charge in [-0.2, -0.15) is 5.10 Å². The number of rotatable bonds is 4. The van der Waals surface area contributed by atoms with Crippen LogP contribution < -0.4 is 17.0 Å². The van der Waals surface area contributed by atoms with Gasteiger partial charge < -0.3 is 10.2 Å². The molecule has 0 saturated heterocycles. The summed E-state index contributed by atoms with van der Waals surface area (Å²) in [4.78, 5) is 24.2. The summed E-state index contributed by atoms with van der Waals surface area (Å²) in [5.74, 6) is -0.374. The molecule has 3 aromatic rings. The molecule has 0 spiro atoms. The Morgan fingerprint density at radius 1 is 1.24 bits per heavy atom. The van der Waals surface area contributed by atoms with Crippen molar-refractivity contribution in [3.63, 3.8) is 0 Å². The number of nitrogens with zero attached hydrogens (tertiary/aromatic N) is 3. The second kappa shape index (κ2) is 6.33. The van der Waals surface area contributed by atoms with Crippen molar-refractivity contribution in [2.45, 2.75) is 44.8 Å². The molecule has 130 valence electrons. The Labute approximate surface area is 143 Å².